The van der Waals surface area contributed by atoms with Crippen molar-refractivity contribution in [2.24, 2.45) is 11.7 Å². The third-order valence-electron chi connectivity index (χ3n) is 4.94. The summed E-state index contributed by atoms with van der Waals surface area (Å²) >= 11 is 6.34. The molecule has 0 amide bonds. The van der Waals surface area contributed by atoms with Crippen LogP contribution in [-0.4, -0.2) is 24.0 Å². The van der Waals surface area contributed by atoms with Crippen LogP contribution < -0.4 is 5.73 Å². The van der Waals surface area contributed by atoms with Crippen LogP contribution in [0.4, 0.5) is 0 Å². The van der Waals surface area contributed by atoms with Crippen LogP contribution in [0.2, 0.25) is 5.02 Å². The van der Waals surface area contributed by atoms with Gasteiger partial charge < -0.3 is 5.73 Å². The predicted molar refractivity (Wildman–Crippen MR) is 82.4 cm³/mol. The number of halogens is 1. The number of hydrogen-bond acceptors (Lipinski definition) is 2. The highest BCUT2D eigenvalue weighted by atomic mass is 35.5. The molecule has 1 fully saturated rings. The van der Waals surface area contributed by atoms with Crippen molar-refractivity contribution in [1.29, 1.82) is 0 Å². The van der Waals surface area contributed by atoms with Gasteiger partial charge in [0.1, 0.15) is 0 Å². The molecule has 0 heterocycles. The van der Waals surface area contributed by atoms with Gasteiger partial charge in [0.05, 0.1) is 0 Å². The summed E-state index contributed by atoms with van der Waals surface area (Å²) < 4.78 is 0. The van der Waals surface area contributed by atoms with Gasteiger partial charge in [0, 0.05) is 23.1 Å². The van der Waals surface area contributed by atoms with Gasteiger partial charge in [-0.2, -0.15) is 0 Å². The largest absolute Gasteiger partial charge is 0.329 e. The second-order valence-corrected chi connectivity index (χ2v) is 6.15. The molecule has 106 valence electrons. The average molecular weight is 281 g/mol. The molecule has 3 heteroatoms. The molecule has 0 aliphatic heterocycles. The molecule has 1 aliphatic carbocycles. The molecule has 1 aromatic rings. The smallest absolute Gasteiger partial charge is 0.0453 e. The van der Waals surface area contributed by atoms with Gasteiger partial charge >= 0.3 is 0 Å². The number of benzene rings is 1. The van der Waals surface area contributed by atoms with Crippen molar-refractivity contribution in [3.63, 3.8) is 0 Å². The standard InChI is InChI=1S/C16H25ClN2/c1-4-16(11-18,13-9-10-13)19(3)12(2)14-7-5-6-8-15(14)17/h5-8,12-13H,4,9-11,18H2,1-3H3. The Morgan fingerprint density at radius 2 is 2.05 bits per heavy atom. The normalized spacial score (nSPS) is 20.3. The summed E-state index contributed by atoms with van der Waals surface area (Å²) in [6, 6.07) is 8.41. The second kappa shape index (κ2) is 5.82. The maximum absolute atomic E-state index is 6.34. The number of rotatable bonds is 6. The minimum Gasteiger partial charge on any atom is -0.329 e. The Labute approximate surface area is 121 Å². The first kappa shape index (κ1) is 14.8. The van der Waals surface area contributed by atoms with Gasteiger partial charge in [0.25, 0.3) is 0 Å². The minimum absolute atomic E-state index is 0.124. The lowest BCUT2D eigenvalue weighted by Crippen LogP contribution is -2.54. The maximum atomic E-state index is 6.34. The first-order valence-corrected chi connectivity index (χ1v) is 7.62. The van der Waals surface area contributed by atoms with Crippen LogP contribution in [0.5, 0.6) is 0 Å². The molecule has 2 unspecified atom stereocenters. The SMILES string of the molecule is CCC(CN)(C1CC1)N(C)C(C)c1ccccc1Cl. The Morgan fingerprint density at radius 3 is 2.53 bits per heavy atom. The zero-order chi connectivity index (χ0) is 14.0. The van der Waals surface area contributed by atoms with Gasteiger partial charge in [0.2, 0.25) is 0 Å². The van der Waals surface area contributed by atoms with Crippen LogP contribution in [0.25, 0.3) is 0 Å². The van der Waals surface area contributed by atoms with Crippen molar-refractivity contribution in [2.75, 3.05) is 13.6 Å². The molecule has 1 aliphatic rings. The molecule has 0 spiro atoms. The predicted octanol–water partition coefficient (Wildman–Crippen LogP) is 3.85. The molecule has 2 nitrogen and oxygen atoms in total. The monoisotopic (exact) mass is 280 g/mol. The quantitative estimate of drug-likeness (QED) is 0.858. The maximum Gasteiger partial charge on any atom is 0.0453 e. The molecule has 2 rings (SSSR count). The summed E-state index contributed by atoms with van der Waals surface area (Å²) in [5, 5.41) is 0.847. The number of hydrogen-bond donors (Lipinski definition) is 1. The summed E-state index contributed by atoms with van der Waals surface area (Å²) in [5.41, 5.74) is 7.46. The summed E-state index contributed by atoms with van der Waals surface area (Å²) in [4.78, 5) is 2.45. The molecule has 0 bridgehead atoms. The highest BCUT2D eigenvalue weighted by Crippen LogP contribution is 2.47. The Hall–Kier alpha value is -0.570. The van der Waals surface area contributed by atoms with Crippen molar-refractivity contribution in [3.8, 4) is 0 Å². The van der Waals surface area contributed by atoms with Gasteiger partial charge in [-0.25, -0.2) is 0 Å². The highest BCUT2D eigenvalue weighted by molar-refractivity contribution is 6.31. The second-order valence-electron chi connectivity index (χ2n) is 5.74. The van der Waals surface area contributed by atoms with E-state index in [0.717, 1.165) is 23.9 Å². The van der Waals surface area contributed by atoms with E-state index in [4.69, 9.17) is 17.3 Å². The number of nitrogens with zero attached hydrogens (tertiary/aromatic N) is 1. The van der Waals surface area contributed by atoms with Crippen LogP contribution >= 0.6 is 11.6 Å². The van der Waals surface area contributed by atoms with E-state index in [0.29, 0.717) is 0 Å². The third kappa shape index (κ3) is 2.67. The van der Waals surface area contributed by atoms with Crippen LogP contribution in [-0.2, 0) is 0 Å². The van der Waals surface area contributed by atoms with Gasteiger partial charge in [-0.05, 0) is 50.8 Å². The van der Waals surface area contributed by atoms with Gasteiger partial charge in [-0.1, -0.05) is 36.7 Å². The molecular weight excluding hydrogens is 256 g/mol. The molecule has 0 saturated heterocycles. The third-order valence-corrected chi connectivity index (χ3v) is 5.29. The highest BCUT2D eigenvalue weighted by Gasteiger charge is 2.47. The van der Waals surface area contributed by atoms with Crippen molar-refractivity contribution in [2.45, 2.75) is 44.7 Å². The zero-order valence-corrected chi connectivity index (χ0v) is 13.0. The number of likely N-dealkylation sites (N-methyl/N-ethyl adjacent to an activating group) is 1. The van der Waals surface area contributed by atoms with E-state index in [2.05, 4.69) is 37.9 Å². The molecule has 0 radical (unpaired) electrons. The molecular formula is C16H25ClN2. The Kier molecular flexibility index (Phi) is 4.54. The fourth-order valence-corrected chi connectivity index (χ4v) is 3.60. The first-order valence-electron chi connectivity index (χ1n) is 7.24. The van der Waals surface area contributed by atoms with Gasteiger partial charge in [-0.15, -0.1) is 0 Å². The van der Waals surface area contributed by atoms with Crippen LogP contribution in [0, 0.1) is 5.92 Å². The Morgan fingerprint density at radius 1 is 1.42 bits per heavy atom. The van der Waals surface area contributed by atoms with Crippen molar-refractivity contribution in [1.82, 2.24) is 4.90 Å². The lowest BCUT2D eigenvalue weighted by Gasteiger charge is -2.45. The van der Waals surface area contributed by atoms with Crippen LogP contribution in [0.1, 0.15) is 44.7 Å². The molecule has 19 heavy (non-hydrogen) atoms. The molecule has 0 aromatic heterocycles. The van der Waals surface area contributed by atoms with E-state index in [-0.39, 0.29) is 11.6 Å². The Balaban J connectivity index is 2.27. The van der Waals surface area contributed by atoms with Crippen molar-refractivity contribution in [3.05, 3.63) is 34.9 Å². The van der Waals surface area contributed by atoms with Crippen molar-refractivity contribution >= 4 is 11.6 Å². The van der Waals surface area contributed by atoms with E-state index >= 15 is 0 Å². The molecule has 2 atom stereocenters. The van der Waals surface area contributed by atoms with E-state index in [9.17, 15) is 0 Å². The van der Waals surface area contributed by atoms with E-state index in [1.54, 1.807) is 0 Å². The zero-order valence-electron chi connectivity index (χ0n) is 12.2. The van der Waals surface area contributed by atoms with E-state index in [1.165, 1.54) is 18.4 Å². The minimum atomic E-state index is 0.124. The summed E-state index contributed by atoms with van der Waals surface area (Å²) in [6.07, 6.45) is 3.72. The van der Waals surface area contributed by atoms with E-state index < -0.39 is 0 Å². The fourth-order valence-electron chi connectivity index (χ4n) is 3.31. The fraction of sp³-hybridized carbons (Fsp3) is 0.625. The summed E-state index contributed by atoms with van der Waals surface area (Å²) in [6.45, 7) is 5.20. The first-order chi connectivity index (χ1) is 9.06. The van der Waals surface area contributed by atoms with Crippen LogP contribution in [0.3, 0.4) is 0 Å². The average Bonchev–Trinajstić information content (AvgIpc) is 3.25. The topological polar surface area (TPSA) is 29.3 Å². The van der Waals surface area contributed by atoms with Crippen molar-refractivity contribution < 1.29 is 0 Å². The molecule has 2 N–H and O–H groups in total. The lowest BCUT2D eigenvalue weighted by molar-refractivity contribution is 0.0596. The molecule has 1 saturated carbocycles. The molecule has 1 aromatic carbocycles. The van der Waals surface area contributed by atoms with Crippen LogP contribution in [0.15, 0.2) is 24.3 Å². The Bertz CT molecular complexity index is 425. The van der Waals surface area contributed by atoms with Gasteiger partial charge in [0.15, 0.2) is 0 Å². The van der Waals surface area contributed by atoms with Gasteiger partial charge in [-0.3, -0.25) is 4.90 Å². The summed E-state index contributed by atoms with van der Waals surface area (Å²) in [5.74, 6) is 0.748. The van der Waals surface area contributed by atoms with E-state index in [1.807, 2.05) is 12.1 Å². The number of nitrogens with two attached hydrogens (primary N) is 1. The summed E-state index contributed by atoms with van der Waals surface area (Å²) in [7, 11) is 2.20. The lowest BCUT2D eigenvalue weighted by atomic mass is 9.86.